The molecule has 0 fully saturated rings. The zero-order valence-electron chi connectivity index (χ0n) is 11.6. The van der Waals surface area contributed by atoms with Crippen LogP contribution in [0.1, 0.15) is 17.0 Å². The van der Waals surface area contributed by atoms with Gasteiger partial charge in [-0.15, -0.1) is 0 Å². The van der Waals surface area contributed by atoms with Crippen molar-refractivity contribution < 1.29 is 8.78 Å². The molecule has 2 nitrogen and oxygen atoms in total. The zero-order chi connectivity index (χ0) is 15.5. The third kappa shape index (κ3) is 3.42. The van der Waals surface area contributed by atoms with Crippen LogP contribution in [0, 0.1) is 11.6 Å². The topological polar surface area (TPSA) is 17.8 Å². The van der Waals surface area contributed by atoms with E-state index in [1.54, 1.807) is 12.3 Å². The molecule has 0 aliphatic heterocycles. The van der Waals surface area contributed by atoms with Crippen LogP contribution in [0.15, 0.2) is 59.3 Å². The minimum atomic E-state index is -0.832. The van der Waals surface area contributed by atoms with Crippen molar-refractivity contribution in [2.75, 3.05) is 0 Å². The molecule has 1 aromatic heterocycles. The van der Waals surface area contributed by atoms with Crippen molar-refractivity contribution in [3.63, 3.8) is 0 Å². The van der Waals surface area contributed by atoms with Crippen LogP contribution in [0.3, 0.4) is 0 Å². The maximum atomic E-state index is 13.3. The monoisotopic (exact) mass is 362 g/mol. The second-order valence-corrected chi connectivity index (χ2v) is 5.94. The molecule has 0 aliphatic carbocycles. The lowest BCUT2D eigenvalue weighted by Gasteiger charge is -2.09. The molecule has 0 spiro atoms. The molecular weight excluding hydrogens is 350 g/mol. The van der Waals surface area contributed by atoms with E-state index in [2.05, 4.69) is 20.9 Å². The standard InChI is InChI=1S/C17H13BrF2N2/c18-14-3-1-2-13(8-14)11-22-7-6-21-17(22)10-12-4-5-15(19)16(20)9-12/h1-9H,10-11H2. The fraction of sp³-hybridized carbons (Fsp3) is 0.118. The Labute approximate surface area is 135 Å². The minimum absolute atomic E-state index is 0.457. The highest BCUT2D eigenvalue weighted by atomic mass is 79.9. The first-order valence-corrected chi connectivity index (χ1v) is 7.59. The van der Waals surface area contributed by atoms with Crippen molar-refractivity contribution in [3.8, 4) is 0 Å². The number of imidazole rings is 1. The minimum Gasteiger partial charge on any atom is -0.330 e. The van der Waals surface area contributed by atoms with Gasteiger partial charge in [0.15, 0.2) is 11.6 Å². The van der Waals surface area contributed by atoms with E-state index >= 15 is 0 Å². The quantitative estimate of drug-likeness (QED) is 0.664. The highest BCUT2D eigenvalue weighted by molar-refractivity contribution is 9.10. The first-order chi connectivity index (χ1) is 10.6. The van der Waals surface area contributed by atoms with Crippen molar-refractivity contribution in [2.24, 2.45) is 0 Å². The molecule has 0 unspecified atom stereocenters. The van der Waals surface area contributed by atoms with E-state index in [4.69, 9.17) is 0 Å². The maximum absolute atomic E-state index is 13.3. The lowest BCUT2D eigenvalue weighted by atomic mass is 10.1. The number of hydrogen-bond acceptors (Lipinski definition) is 1. The zero-order valence-corrected chi connectivity index (χ0v) is 13.2. The first-order valence-electron chi connectivity index (χ1n) is 6.80. The van der Waals surface area contributed by atoms with Crippen LogP contribution in [-0.2, 0) is 13.0 Å². The van der Waals surface area contributed by atoms with Gasteiger partial charge in [0.1, 0.15) is 5.82 Å². The number of hydrogen-bond donors (Lipinski definition) is 0. The van der Waals surface area contributed by atoms with Gasteiger partial charge in [-0.25, -0.2) is 13.8 Å². The van der Waals surface area contributed by atoms with Crippen LogP contribution in [0.5, 0.6) is 0 Å². The number of rotatable bonds is 4. The summed E-state index contributed by atoms with van der Waals surface area (Å²) in [5.41, 5.74) is 1.83. The van der Waals surface area contributed by atoms with E-state index in [0.717, 1.165) is 21.9 Å². The molecule has 2 aromatic carbocycles. The lowest BCUT2D eigenvalue weighted by Crippen LogP contribution is -2.05. The molecule has 0 N–H and O–H groups in total. The molecule has 0 atom stereocenters. The number of benzene rings is 2. The summed E-state index contributed by atoms with van der Waals surface area (Å²) >= 11 is 3.45. The molecule has 0 saturated carbocycles. The highest BCUT2D eigenvalue weighted by Crippen LogP contribution is 2.16. The average molecular weight is 363 g/mol. The second-order valence-electron chi connectivity index (χ2n) is 5.03. The Morgan fingerprint density at radius 1 is 1.00 bits per heavy atom. The van der Waals surface area contributed by atoms with Gasteiger partial charge in [-0.3, -0.25) is 0 Å². The van der Waals surface area contributed by atoms with E-state index < -0.39 is 11.6 Å². The van der Waals surface area contributed by atoms with Gasteiger partial charge in [0, 0.05) is 29.8 Å². The Hall–Kier alpha value is -2.01. The van der Waals surface area contributed by atoms with Crippen LogP contribution in [0.4, 0.5) is 8.78 Å². The van der Waals surface area contributed by atoms with Crippen molar-refractivity contribution in [2.45, 2.75) is 13.0 Å². The number of nitrogens with zero attached hydrogens (tertiary/aromatic N) is 2. The van der Waals surface area contributed by atoms with E-state index in [1.165, 1.54) is 6.07 Å². The van der Waals surface area contributed by atoms with Crippen LogP contribution in [0.2, 0.25) is 0 Å². The smallest absolute Gasteiger partial charge is 0.159 e. The fourth-order valence-corrected chi connectivity index (χ4v) is 2.76. The molecular formula is C17H13BrF2N2. The number of aromatic nitrogens is 2. The van der Waals surface area contributed by atoms with Crippen molar-refractivity contribution >= 4 is 15.9 Å². The summed E-state index contributed by atoms with van der Waals surface area (Å²) in [6.45, 7) is 0.679. The highest BCUT2D eigenvalue weighted by Gasteiger charge is 2.08. The lowest BCUT2D eigenvalue weighted by molar-refractivity contribution is 0.507. The summed E-state index contributed by atoms with van der Waals surface area (Å²) in [5, 5.41) is 0. The van der Waals surface area contributed by atoms with Gasteiger partial charge in [-0.1, -0.05) is 34.1 Å². The molecule has 112 valence electrons. The SMILES string of the molecule is Fc1ccc(Cc2nccn2Cc2cccc(Br)c2)cc1F. The predicted molar refractivity (Wildman–Crippen MR) is 84.6 cm³/mol. The molecule has 5 heteroatoms. The molecule has 0 bridgehead atoms. The second kappa shape index (κ2) is 6.40. The summed E-state index contributed by atoms with van der Waals surface area (Å²) in [5.74, 6) is -0.852. The van der Waals surface area contributed by atoms with Gasteiger partial charge >= 0.3 is 0 Å². The van der Waals surface area contributed by atoms with Crippen LogP contribution in [0.25, 0.3) is 0 Å². The fourth-order valence-electron chi connectivity index (χ4n) is 2.32. The summed E-state index contributed by atoms with van der Waals surface area (Å²) < 4.78 is 29.3. The Bertz CT molecular complexity index is 799. The summed E-state index contributed by atoms with van der Waals surface area (Å²) in [6, 6.07) is 12.0. The maximum Gasteiger partial charge on any atom is 0.159 e. The van der Waals surface area contributed by atoms with Crippen molar-refractivity contribution in [3.05, 3.63) is 87.9 Å². The van der Waals surface area contributed by atoms with E-state index in [1.807, 2.05) is 35.0 Å². The van der Waals surface area contributed by atoms with E-state index in [-0.39, 0.29) is 0 Å². The third-order valence-electron chi connectivity index (χ3n) is 3.39. The molecule has 0 saturated heterocycles. The normalized spacial score (nSPS) is 10.9. The summed E-state index contributed by atoms with van der Waals surface area (Å²) in [6.07, 6.45) is 4.06. The molecule has 22 heavy (non-hydrogen) atoms. The average Bonchev–Trinajstić information content (AvgIpc) is 2.90. The van der Waals surface area contributed by atoms with Gasteiger partial charge in [0.25, 0.3) is 0 Å². The van der Waals surface area contributed by atoms with Gasteiger partial charge in [-0.05, 0) is 35.4 Å². The predicted octanol–water partition coefficient (Wildman–Crippen LogP) is 4.56. The van der Waals surface area contributed by atoms with Crippen molar-refractivity contribution in [1.29, 1.82) is 0 Å². The van der Waals surface area contributed by atoms with E-state index in [0.29, 0.717) is 18.5 Å². The Kier molecular flexibility index (Phi) is 4.34. The molecule has 0 aliphatic rings. The molecule has 0 radical (unpaired) electrons. The molecule has 3 aromatic rings. The third-order valence-corrected chi connectivity index (χ3v) is 3.88. The first kappa shape index (κ1) is 14.9. The largest absolute Gasteiger partial charge is 0.330 e. The van der Waals surface area contributed by atoms with Gasteiger partial charge < -0.3 is 4.57 Å². The summed E-state index contributed by atoms with van der Waals surface area (Å²) in [4.78, 5) is 4.32. The Morgan fingerprint density at radius 2 is 1.86 bits per heavy atom. The van der Waals surface area contributed by atoms with Crippen LogP contribution in [-0.4, -0.2) is 9.55 Å². The van der Waals surface area contributed by atoms with Crippen molar-refractivity contribution in [1.82, 2.24) is 9.55 Å². The summed E-state index contributed by atoms with van der Waals surface area (Å²) in [7, 11) is 0. The van der Waals surface area contributed by atoms with Crippen LogP contribution < -0.4 is 0 Å². The van der Waals surface area contributed by atoms with Crippen LogP contribution >= 0.6 is 15.9 Å². The molecule has 1 heterocycles. The van der Waals surface area contributed by atoms with Gasteiger partial charge in [0.2, 0.25) is 0 Å². The van der Waals surface area contributed by atoms with Gasteiger partial charge in [0.05, 0.1) is 0 Å². The molecule has 0 amide bonds. The molecule has 3 rings (SSSR count). The van der Waals surface area contributed by atoms with Gasteiger partial charge in [-0.2, -0.15) is 0 Å². The Balaban J connectivity index is 1.81. The Morgan fingerprint density at radius 3 is 2.64 bits per heavy atom. The number of halogens is 3. The van der Waals surface area contributed by atoms with E-state index in [9.17, 15) is 8.78 Å².